The second-order valence-electron chi connectivity index (χ2n) is 7.32. The van der Waals surface area contributed by atoms with Crippen molar-refractivity contribution in [1.82, 2.24) is 9.97 Å². The Hall–Kier alpha value is -3.76. The highest BCUT2D eigenvalue weighted by Crippen LogP contribution is 2.43. The molecule has 0 unspecified atom stereocenters. The summed E-state index contributed by atoms with van der Waals surface area (Å²) in [4.78, 5) is 21.2. The van der Waals surface area contributed by atoms with Crippen LogP contribution in [0, 0.1) is 0 Å². The van der Waals surface area contributed by atoms with Crippen molar-refractivity contribution >= 4 is 17.1 Å². The molecule has 1 N–H and O–H groups in total. The standard InChI is InChI=1S/C27H20N2OS/c30-25(20-16-17-31-19-20)24-18-28-26(29-24)27(21-10-4-1-5-11-21,22-12-6-2-7-13-22)23-14-8-3-9-15-23/h1-19H,(H,28,29). The van der Waals surface area contributed by atoms with Gasteiger partial charge in [-0.05, 0) is 28.1 Å². The number of imidazole rings is 1. The first-order valence-corrected chi connectivity index (χ1v) is 11.0. The molecule has 0 bridgehead atoms. The summed E-state index contributed by atoms with van der Waals surface area (Å²) < 4.78 is 0. The summed E-state index contributed by atoms with van der Waals surface area (Å²) >= 11 is 1.51. The molecule has 2 heterocycles. The van der Waals surface area contributed by atoms with Crippen LogP contribution in [0.15, 0.2) is 114 Å². The van der Waals surface area contributed by atoms with Crippen LogP contribution in [0.25, 0.3) is 0 Å². The van der Waals surface area contributed by atoms with E-state index in [1.54, 1.807) is 6.20 Å². The lowest BCUT2D eigenvalue weighted by Crippen LogP contribution is -2.32. The Bertz CT molecular complexity index is 1180. The third kappa shape index (κ3) is 3.31. The number of H-pyrrole nitrogens is 1. The van der Waals surface area contributed by atoms with E-state index < -0.39 is 5.41 Å². The predicted molar refractivity (Wildman–Crippen MR) is 125 cm³/mol. The zero-order valence-corrected chi connectivity index (χ0v) is 17.5. The number of hydrogen-bond donors (Lipinski definition) is 1. The van der Waals surface area contributed by atoms with E-state index in [4.69, 9.17) is 4.98 Å². The highest BCUT2D eigenvalue weighted by Gasteiger charge is 2.41. The minimum Gasteiger partial charge on any atom is -0.347 e. The molecule has 2 aromatic heterocycles. The number of carbonyl (C=O) groups excluding carboxylic acids is 1. The molecule has 0 atom stereocenters. The van der Waals surface area contributed by atoms with Gasteiger partial charge >= 0.3 is 0 Å². The summed E-state index contributed by atoms with van der Waals surface area (Å²) in [6.45, 7) is 0. The molecule has 0 radical (unpaired) electrons. The molecule has 0 aliphatic carbocycles. The van der Waals surface area contributed by atoms with E-state index in [0.29, 0.717) is 11.3 Å². The minimum absolute atomic E-state index is 0.0770. The highest BCUT2D eigenvalue weighted by atomic mass is 32.1. The number of benzene rings is 3. The van der Waals surface area contributed by atoms with Crippen LogP contribution in [-0.4, -0.2) is 15.8 Å². The van der Waals surface area contributed by atoms with Gasteiger partial charge in [0, 0.05) is 17.1 Å². The van der Waals surface area contributed by atoms with Crippen LogP contribution in [0.3, 0.4) is 0 Å². The molecule has 31 heavy (non-hydrogen) atoms. The van der Waals surface area contributed by atoms with Gasteiger partial charge in [-0.15, -0.1) is 0 Å². The summed E-state index contributed by atoms with van der Waals surface area (Å²) in [6.07, 6.45) is 1.72. The van der Waals surface area contributed by atoms with E-state index in [9.17, 15) is 4.79 Å². The molecule has 0 saturated heterocycles. The molecule has 0 aliphatic heterocycles. The highest BCUT2D eigenvalue weighted by molar-refractivity contribution is 7.08. The normalized spacial score (nSPS) is 11.4. The van der Waals surface area contributed by atoms with Gasteiger partial charge in [0.2, 0.25) is 5.78 Å². The second-order valence-corrected chi connectivity index (χ2v) is 8.10. The maximum Gasteiger partial charge on any atom is 0.213 e. The summed E-state index contributed by atoms with van der Waals surface area (Å²) in [5.74, 6) is 0.640. The molecule has 0 aliphatic rings. The molecular formula is C27H20N2OS. The van der Waals surface area contributed by atoms with Crippen molar-refractivity contribution < 1.29 is 4.79 Å². The van der Waals surface area contributed by atoms with Crippen LogP contribution in [0.4, 0.5) is 0 Å². The number of nitrogens with one attached hydrogen (secondary N) is 1. The largest absolute Gasteiger partial charge is 0.347 e. The number of ketones is 1. The fourth-order valence-corrected chi connectivity index (χ4v) is 4.78. The predicted octanol–water partition coefficient (Wildman–Crippen LogP) is 6.08. The zero-order valence-electron chi connectivity index (χ0n) is 16.7. The smallest absolute Gasteiger partial charge is 0.213 e. The quantitative estimate of drug-likeness (QED) is 0.267. The van der Waals surface area contributed by atoms with E-state index in [1.165, 1.54) is 11.3 Å². The van der Waals surface area contributed by atoms with Crippen LogP contribution in [0.1, 0.15) is 38.6 Å². The van der Waals surface area contributed by atoms with Crippen LogP contribution in [-0.2, 0) is 5.41 Å². The van der Waals surface area contributed by atoms with Gasteiger partial charge in [0.1, 0.15) is 16.9 Å². The fourth-order valence-electron chi connectivity index (χ4n) is 4.15. The van der Waals surface area contributed by atoms with Gasteiger partial charge in [-0.25, -0.2) is 4.98 Å². The van der Waals surface area contributed by atoms with E-state index in [0.717, 1.165) is 22.5 Å². The molecule has 5 rings (SSSR count). The van der Waals surface area contributed by atoms with E-state index in [-0.39, 0.29) is 5.78 Å². The number of aromatic amines is 1. The average molecular weight is 421 g/mol. The average Bonchev–Trinajstić information content (AvgIpc) is 3.55. The third-order valence-electron chi connectivity index (χ3n) is 5.57. The molecular weight excluding hydrogens is 400 g/mol. The number of nitrogens with zero attached hydrogens (tertiary/aromatic N) is 1. The number of carbonyl (C=O) groups is 1. The Balaban J connectivity index is 1.78. The van der Waals surface area contributed by atoms with Crippen molar-refractivity contribution in [2.75, 3.05) is 0 Å². The van der Waals surface area contributed by atoms with Crippen molar-refractivity contribution in [3.8, 4) is 0 Å². The van der Waals surface area contributed by atoms with Crippen LogP contribution >= 0.6 is 11.3 Å². The summed E-state index contributed by atoms with van der Waals surface area (Å²) in [5, 5.41) is 3.76. The summed E-state index contributed by atoms with van der Waals surface area (Å²) in [5.41, 5.74) is 3.63. The minimum atomic E-state index is -0.684. The molecule has 0 spiro atoms. The SMILES string of the molecule is O=C(c1ccsc1)c1c[nH]c(C(c2ccccc2)(c2ccccc2)c2ccccc2)n1. The molecule has 3 nitrogen and oxygen atoms in total. The van der Waals surface area contributed by atoms with Gasteiger partial charge < -0.3 is 4.98 Å². The van der Waals surface area contributed by atoms with Gasteiger partial charge in [0.25, 0.3) is 0 Å². The number of hydrogen-bond acceptors (Lipinski definition) is 3. The number of thiophene rings is 1. The number of aromatic nitrogens is 2. The molecule has 150 valence electrons. The van der Waals surface area contributed by atoms with Gasteiger partial charge in [-0.2, -0.15) is 11.3 Å². The summed E-state index contributed by atoms with van der Waals surface area (Å²) in [7, 11) is 0. The molecule has 0 saturated carbocycles. The zero-order chi connectivity index (χ0) is 21.1. The molecule has 0 fully saturated rings. The number of rotatable bonds is 6. The van der Waals surface area contributed by atoms with Crippen LogP contribution in [0.2, 0.25) is 0 Å². The van der Waals surface area contributed by atoms with E-state index in [1.807, 2.05) is 71.4 Å². The molecule has 3 aromatic carbocycles. The van der Waals surface area contributed by atoms with Crippen LogP contribution < -0.4 is 0 Å². The Morgan fingerprint density at radius 3 is 1.71 bits per heavy atom. The van der Waals surface area contributed by atoms with Crippen molar-refractivity contribution in [3.63, 3.8) is 0 Å². The van der Waals surface area contributed by atoms with Gasteiger partial charge in [-0.3, -0.25) is 4.79 Å². The lowest BCUT2D eigenvalue weighted by atomic mass is 9.69. The molecule has 0 amide bonds. The van der Waals surface area contributed by atoms with E-state index in [2.05, 4.69) is 41.4 Å². The Morgan fingerprint density at radius 2 is 1.26 bits per heavy atom. The van der Waals surface area contributed by atoms with Gasteiger partial charge in [0.05, 0.1) is 0 Å². The maximum atomic E-state index is 13.0. The summed E-state index contributed by atoms with van der Waals surface area (Å²) in [6, 6.07) is 32.8. The lowest BCUT2D eigenvalue weighted by molar-refractivity contribution is 0.103. The van der Waals surface area contributed by atoms with Gasteiger partial charge in [-0.1, -0.05) is 91.0 Å². The van der Waals surface area contributed by atoms with Crippen LogP contribution in [0.5, 0.6) is 0 Å². The Labute approximate surface area is 185 Å². The fraction of sp³-hybridized carbons (Fsp3) is 0.0370. The van der Waals surface area contributed by atoms with E-state index >= 15 is 0 Å². The molecule has 4 heteroatoms. The van der Waals surface area contributed by atoms with Crippen molar-refractivity contribution in [3.05, 3.63) is 148 Å². The first-order valence-electron chi connectivity index (χ1n) is 10.1. The monoisotopic (exact) mass is 420 g/mol. The third-order valence-corrected chi connectivity index (χ3v) is 6.25. The Morgan fingerprint density at radius 1 is 0.742 bits per heavy atom. The van der Waals surface area contributed by atoms with Gasteiger partial charge in [0.15, 0.2) is 0 Å². The first-order chi connectivity index (χ1) is 15.3. The van der Waals surface area contributed by atoms with Crippen molar-refractivity contribution in [2.45, 2.75) is 5.41 Å². The topological polar surface area (TPSA) is 45.8 Å². The maximum absolute atomic E-state index is 13.0. The molecule has 5 aromatic rings. The second kappa shape index (κ2) is 8.17. The first kappa shape index (κ1) is 19.2. The lowest BCUT2D eigenvalue weighted by Gasteiger charge is -2.34. The van der Waals surface area contributed by atoms with Crippen molar-refractivity contribution in [2.24, 2.45) is 0 Å². The van der Waals surface area contributed by atoms with Crippen molar-refractivity contribution in [1.29, 1.82) is 0 Å². The Kier molecular flexibility index (Phi) is 5.06.